The molecular formula is C15H20FN3S. The Morgan fingerprint density at radius 3 is 2.80 bits per heavy atom. The van der Waals surface area contributed by atoms with Gasteiger partial charge in [0, 0.05) is 13.1 Å². The van der Waals surface area contributed by atoms with Crippen molar-refractivity contribution in [2.75, 3.05) is 19.6 Å². The zero-order chi connectivity index (χ0) is 14.1. The monoisotopic (exact) mass is 293 g/mol. The fraction of sp³-hybridized carbons (Fsp3) is 0.533. The van der Waals surface area contributed by atoms with Crippen LogP contribution in [0.25, 0.3) is 11.0 Å². The highest BCUT2D eigenvalue weighted by Crippen LogP contribution is 2.19. The van der Waals surface area contributed by atoms with E-state index in [4.69, 9.17) is 12.2 Å². The minimum absolute atomic E-state index is 0.237. The number of para-hydroxylation sites is 1. The number of nitrogens with one attached hydrogen (secondary N) is 1. The average Bonchev–Trinajstić information content (AvgIpc) is 3.01. The van der Waals surface area contributed by atoms with Gasteiger partial charge < -0.3 is 14.5 Å². The van der Waals surface area contributed by atoms with Gasteiger partial charge in [-0.25, -0.2) is 4.39 Å². The summed E-state index contributed by atoms with van der Waals surface area (Å²) in [4.78, 5) is 5.49. The van der Waals surface area contributed by atoms with Crippen LogP contribution in [0.2, 0.25) is 0 Å². The number of fused-ring (bicyclic) bond motifs is 1. The zero-order valence-corrected chi connectivity index (χ0v) is 12.5. The minimum Gasteiger partial charge on any atom is -0.328 e. The maximum atomic E-state index is 13.7. The summed E-state index contributed by atoms with van der Waals surface area (Å²) in [5.74, 6) is 0.265. The number of likely N-dealkylation sites (tertiary alicyclic amines) is 1. The standard InChI is InChI=1S/C15H20FN3S/c1-11(9-18-7-2-3-8-18)10-19-13-6-4-5-12(16)14(13)17-15(19)20/h4-6,11H,2-3,7-10H2,1H3,(H,17,20). The number of halogens is 1. The lowest BCUT2D eigenvalue weighted by Gasteiger charge is -2.20. The molecule has 1 unspecified atom stereocenters. The first-order chi connectivity index (χ1) is 9.65. The molecule has 0 saturated carbocycles. The molecule has 0 spiro atoms. The van der Waals surface area contributed by atoms with E-state index in [9.17, 15) is 4.39 Å². The predicted molar refractivity (Wildman–Crippen MR) is 81.9 cm³/mol. The van der Waals surface area contributed by atoms with Crippen molar-refractivity contribution in [3.63, 3.8) is 0 Å². The van der Waals surface area contributed by atoms with Crippen LogP contribution in [0.15, 0.2) is 18.2 Å². The van der Waals surface area contributed by atoms with Gasteiger partial charge in [0.25, 0.3) is 0 Å². The maximum Gasteiger partial charge on any atom is 0.178 e. The molecule has 0 bridgehead atoms. The highest BCUT2D eigenvalue weighted by atomic mass is 32.1. The van der Waals surface area contributed by atoms with Crippen LogP contribution < -0.4 is 0 Å². The number of imidazole rings is 1. The summed E-state index contributed by atoms with van der Waals surface area (Å²) in [6.45, 7) is 6.57. The second-order valence-electron chi connectivity index (χ2n) is 5.79. The van der Waals surface area contributed by atoms with E-state index >= 15 is 0 Å². The molecule has 1 saturated heterocycles. The van der Waals surface area contributed by atoms with Crippen LogP contribution in [0, 0.1) is 16.5 Å². The van der Waals surface area contributed by atoms with E-state index in [2.05, 4.69) is 16.8 Å². The molecule has 1 aromatic heterocycles. The van der Waals surface area contributed by atoms with E-state index in [1.54, 1.807) is 6.07 Å². The summed E-state index contributed by atoms with van der Waals surface area (Å²) >= 11 is 5.34. The lowest BCUT2D eigenvalue weighted by Crippen LogP contribution is -2.27. The molecule has 3 nitrogen and oxygen atoms in total. The van der Waals surface area contributed by atoms with E-state index in [1.165, 1.54) is 32.0 Å². The summed E-state index contributed by atoms with van der Waals surface area (Å²) in [5.41, 5.74) is 1.38. The summed E-state index contributed by atoms with van der Waals surface area (Å²) in [7, 11) is 0. The summed E-state index contributed by atoms with van der Waals surface area (Å²) in [5, 5.41) is 0. The summed E-state index contributed by atoms with van der Waals surface area (Å²) in [6, 6.07) is 5.13. The molecule has 2 aromatic rings. The summed E-state index contributed by atoms with van der Waals surface area (Å²) < 4.78 is 16.4. The second-order valence-corrected chi connectivity index (χ2v) is 6.17. The number of rotatable bonds is 4. The molecule has 1 fully saturated rings. The highest BCUT2D eigenvalue weighted by molar-refractivity contribution is 7.71. The van der Waals surface area contributed by atoms with E-state index < -0.39 is 0 Å². The predicted octanol–water partition coefficient (Wildman–Crippen LogP) is 3.57. The second kappa shape index (κ2) is 5.66. The van der Waals surface area contributed by atoms with Gasteiger partial charge in [0.15, 0.2) is 4.77 Å². The normalized spacial score (nSPS) is 17.9. The van der Waals surface area contributed by atoms with Crippen LogP contribution in [0.1, 0.15) is 19.8 Å². The number of hydrogen-bond acceptors (Lipinski definition) is 2. The van der Waals surface area contributed by atoms with Crippen molar-refractivity contribution in [1.82, 2.24) is 14.5 Å². The maximum absolute atomic E-state index is 13.7. The average molecular weight is 293 g/mol. The van der Waals surface area contributed by atoms with Crippen LogP contribution >= 0.6 is 12.2 Å². The fourth-order valence-corrected chi connectivity index (χ4v) is 3.38. The van der Waals surface area contributed by atoms with Crippen molar-refractivity contribution in [2.24, 2.45) is 5.92 Å². The van der Waals surface area contributed by atoms with Crippen LogP contribution in [0.4, 0.5) is 4.39 Å². The molecule has 0 radical (unpaired) electrons. The lowest BCUT2D eigenvalue weighted by atomic mass is 10.1. The number of benzene rings is 1. The number of aromatic amines is 1. The Morgan fingerprint density at radius 2 is 2.05 bits per heavy atom. The molecule has 0 aliphatic carbocycles. The fourth-order valence-electron chi connectivity index (χ4n) is 3.10. The van der Waals surface area contributed by atoms with Crippen LogP contribution in [0.5, 0.6) is 0 Å². The van der Waals surface area contributed by atoms with Crippen molar-refractivity contribution in [3.05, 3.63) is 28.8 Å². The molecule has 1 atom stereocenters. The largest absolute Gasteiger partial charge is 0.328 e. The van der Waals surface area contributed by atoms with Gasteiger partial charge in [0.1, 0.15) is 11.3 Å². The van der Waals surface area contributed by atoms with Crippen LogP contribution in [-0.2, 0) is 6.54 Å². The minimum atomic E-state index is -0.237. The molecule has 1 aliphatic rings. The SMILES string of the molecule is CC(CN1CCCC1)Cn1c(=S)[nH]c2c(F)cccc21. The first kappa shape index (κ1) is 13.8. The summed E-state index contributed by atoms with van der Waals surface area (Å²) in [6.07, 6.45) is 2.62. The molecule has 1 aliphatic heterocycles. The van der Waals surface area contributed by atoms with Crippen molar-refractivity contribution in [2.45, 2.75) is 26.3 Å². The van der Waals surface area contributed by atoms with Gasteiger partial charge >= 0.3 is 0 Å². The zero-order valence-electron chi connectivity index (χ0n) is 11.7. The molecule has 3 rings (SSSR count). The lowest BCUT2D eigenvalue weighted by molar-refractivity contribution is 0.272. The molecule has 1 N–H and O–H groups in total. The number of nitrogens with zero attached hydrogens (tertiary/aromatic N) is 2. The molecule has 108 valence electrons. The van der Waals surface area contributed by atoms with E-state index in [0.717, 1.165) is 18.6 Å². The van der Waals surface area contributed by atoms with Gasteiger partial charge in [0.2, 0.25) is 0 Å². The Kier molecular flexibility index (Phi) is 3.89. The van der Waals surface area contributed by atoms with E-state index in [1.807, 2.05) is 10.6 Å². The van der Waals surface area contributed by atoms with Crippen molar-refractivity contribution in [3.8, 4) is 0 Å². The van der Waals surface area contributed by atoms with Crippen molar-refractivity contribution >= 4 is 23.3 Å². The smallest absolute Gasteiger partial charge is 0.178 e. The Morgan fingerprint density at radius 1 is 1.30 bits per heavy atom. The molecular weight excluding hydrogens is 273 g/mol. The highest BCUT2D eigenvalue weighted by Gasteiger charge is 2.16. The van der Waals surface area contributed by atoms with Gasteiger partial charge in [-0.05, 0) is 56.2 Å². The molecule has 5 heteroatoms. The van der Waals surface area contributed by atoms with Crippen LogP contribution in [-0.4, -0.2) is 34.1 Å². The van der Waals surface area contributed by atoms with Crippen molar-refractivity contribution < 1.29 is 4.39 Å². The quantitative estimate of drug-likeness (QED) is 0.871. The first-order valence-corrected chi connectivity index (χ1v) is 7.65. The third-order valence-electron chi connectivity index (χ3n) is 4.02. The van der Waals surface area contributed by atoms with Gasteiger partial charge in [-0.1, -0.05) is 13.0 Å². The van der Waals surface area contributed by atoms with E-state index in [-0.39, 0.29) is 5.82 Å². The van der Waals surface area contributed by atoms with E-state index in [0.29, 0.717) is 16.2 Å². The topological polar surface area (TPSA) is 24.0 Å². The van der Waals surface area contributed by atoms with Gasteiger partial charge in [-0.2, -0.15) is 0 Å². The Balaban J connectivity index is 1.81. The number of hydrogen-bond donors (Lipinski definition) is 1. The number of H-pyrrole nitrogens is 1. The third kappa shape index (κ3) is 2.65. The Bertz CT molecular complexity index is 655. The van der Waals surface area contributed by atoms with Crippen LogP contribution in [0.3, 0.4) is 0 Å². The third-order valence-corrected chi connectivity index (χ3v) is 4.34. The molecule has 20 heavy (non-hydrogen) atoms. The Labute approximate surface area is 123 Å². The van der Waals surface area contributed by atoms with Gasteiger partial charge in [-0.15, -0.1) is 0 Å². The first-order valence-electron chi connectivity index (χ1n) is 7.24. The number of aromatic nitrogens is 2. The van der Waals surface area contributed by atoms with Crippen molar-refractivity contribution in [1.29, 1.82) is 0 Å². The van der Waals surface area contributed by atoms with Gasteiger partial charge in [-0.3, -0.25) is 0 Å². The molecule has 0 amide bonds. The molecule has 1 aromatic carbocycles. The van der Waals surface area contributed by atoms with Gasteiger partial charge in [0.05, 0.1) is 5.52 Å². The Hall–Kier alpha value is -1.20. The molecule has 2 heterocycles.